The fraction of sp³-hybridized carbons (Fsp3) is 0.286. The standard InChI is InChI=1S/C21H21Br2NO2S/c1-4-14-11-27-20(24-14)9-13-7-17(22)21(18(23)8-13)26-15-5-6-19(25)16(10-15)12(2)3/h5-8,10-12,25H,4,9H2,1-3H3. The minimum Gasteiger partial charge on any atom is -0.508 e. The number of thiazole rings is 1. The Labute approximate surface area is 180 Å². The van der Waals surface area contributed by atoms with Gasteiger partial charge in [0.2, 0.25) is 0 Å². The minimum atomic E-state index is 0.217. The number of rotatable bonds is 6. The average Bonchev–Trinajstić information content (AvgIpc) is 3.07. The largest absolute Gasteiger partial charge is 0.508 e. The molecule has 1 N–H and O–H groups in total. The summed E-state index contributed by atoms with van der Waals surface area (Å²) >= 11 is 8.95. The maximum Gasteiger partial charge on any atom is 0.155 e. The highest BCUT2D eigenvalue weighted by Gasteiger charge is 2.14. The molecule has 1 aromatic heterocycles. The van der Waals surface area contributed by atoms with E-state index in [-0.39, 0.29) is 5.92 Å². The lowest BCUT2D eigenvalue weighted by atomic mass is 10.0. The Kier molecular flexibility index (Phi) is 6.61. The molecule has 0 unspecified atom stereocenters. The van der Waals surface area contributed by atoms with Crippen LogP contribution in [0.5, 0.6) is 17.2 Å². The molecule has 0 saturated carbocycles. The monoisotopic (exact) mass is 509 g/mol. The molecule has 0 saturated heterocycles. The van der Waals surface area contributed by atoms with Gasteiger partial charge in [0.15, 0.2) is 5.75 Å². The fourth-order valence-electron chi connectivity index (χ4n) is 2.76. The van der Waals surface area contributed by atoms with E-state index in [1.54, 1.807) is 23.5 Å². The van der Waals surface area contributed by atoms with Gasteiger partial charge in [0.1, 0.15) is 11.5 Å². The van der Waals surface area contributed by atoms with Crippen molar-refractivity contribution in [3.63, 3.8) is 0 Å². The number of aryl methyl sites for hydroxylation is 1. The van der Waals surface area contributed by atoms with Gasteiger partial charge in [0.05, 0.1) is 19.6 Å². The predicted octanol–water partition coefficient (Wildman–Crippen LogP) is 7.44. The van der Waals surface area contributed by atoms with Gasteiger partial charge in [-0.05, 0) is 80.1 Å². The van der Waals surface area contributed by atoms with Crippen molar-refractivity contribution in [3.05, 3.63) is 66.5 Å². The first-order valence-electron chi connectivity index (χ1n) is 8.79. The highest BCUT2D eigenvalue weighted by molar-refractivity contribution is 9.11. The second-order valence-electron chi connectivity index (χ2n) is 6.63. The number of ether oxygens (including phenoxy) is 1. The molecule has 0 radical (unpaired) electrons. The lowest BCUT2D eigenvalue weighted by Crippen LogP contribution is -1.94. The molecule has 0 bridgehead atoms. The van der Waals surface area contributed by atoms with Crippen LogP contribution >= 0.6 is 43.2 Å². The smallest absolute Gasteiger partial charge is 0.155 e. The van der Waals surface area contributed by atoms with Gasteiger partial charge in [0, 0.05) is 17.4 Å². The maximum absolute atomic E-state index is 10.00. The molecule has 0 fully saturated rings. The Balaban J connectivity index is 1.84. The normalized spacial score (nSPS) is 11.2. The Morgan fingerprint density at radius 1 is 1.15 bits per heavy atom. The number of hydrogen-bond acceptors (Lipinski definition) is 4. The molecule has 27 heavy (non-hydrogen) atoms. The van der Waals surface area contributed by atoms with E-state index in [1.807, 2.05) is 19.9 Å². The highest BCUT2D eigenvalue weighted by Crippen LogP contribution is 2.40. The summed E-state index contributed by atoms with van der Waals surface area (Å²) in [5.41, 5.74) is 3.17. The first kappa shape index (κ1) is 20.4. The number of benzene rings is 2. The molecule has 0 spiro atoms. The lowest BCUT2D eigenvalue weighted by Gasteiger charge is -2.14. The van der Waals surface area contributed by atoms with Crippen molar-refractivity contribution in [1.82, 2.24) is 4.98 Å². The second-order valence-corrected chi connectivity index (χ2v) is 9.28. The minimum absolute atomic E-state index is 0.217. The summed E-state index contributed by atoms with van der Waals surface area (Å²) in [5.74, 6) is 1.92. The van der Waals surface area contributed by atoms with E-state index in [0.717, 1.165) is 43.6 Å². The number of aromatic nitrogens is 1. The van der Waals surface area contributed by atoms with E-state index in [2.05, 4.69) is 61.3 Å². The van der Waals surface area contributed by atoms with E-state index >= 15 is 0 Å². The molecule has 142 valence electrons. The molecular weight excluding hydrogens is 490 g/mol. The second kappa shape index (κ2) is 8.76. The van der Waals surface area contributed by atoms with E-state index in [0.29, 0.717) is 17.2 Å². The molecule has 3 aromatic rings. The van der Waals surface area contributed by atoms with Gasteiger partial charge < -0.3 is 9.84 Å². The third-order valence-corrected chi connectivity index (χ3v) is 6.29. The van der Waals surface area contributed by atoms with Crippen LogP contribution in [-0.4, -0.2) is 10.1 Å². The van der Waals surface area contributed by atoms with Crippen LogP contribution in [0.15, 0.2) is 44.7 Å². The zero-order valence-corrected chi connectivity index (χ0v) is 19.4. The summed E-state index contributed by atoms with van der Waals surface area (Å²) in [7, 11) is 0. The van der Waals surface area contributed by atoms with Crippen LogP contribution in [0.2, 0.25) is 0 Å². The summed E-state index contributed by atoms with van der Waals surface area (Å²) in [6, 6.07) is 9.47. The Morgan fingerprint density at radius 3 is 2.44 bits per heavy atom. The molecule has 6 heteroatoms. The molecule has 0 amide bonds. The van der Waals surface area contributed by atoms with Crippen LogP contribution in [0.25, 0.3) is 0 Å². The van der Waals surface area contributed by atoms with Crippen LogP contribution in [0.3, 0.4) is 0 Å². The molecule has 0 atom stereocenters. The molecule has 1 heterocycles. The number of nitrogens with zero attached hydrogens (tertiary/aromatic N) is 1. The number of hydrogen-bond donors (Lipinski definition) is 1. The van der Waals surface area contributed by atoms with Crippen LogP contribution in [0, 0.1) is 0 Å². The number of aromatic hydroxyl groups is 1. The molecule has 3 nitrogen and oxygen atoms in total. The fourth-order valence-corrected chi connectivity index (χ4v) is 5.11. The van der Waals surface area contributed by atoms with Crippen LogP contribution in [0.4, 0.5) is 0 Å². The molecule has 2 aromatic carbocycles. The maximum atomic E-state index is 10.00. The summed E-state index contributed by atoms with van der Waals surface area (Å²) in [4.78, 5) is 4.64. The first-order chi connectivity index (χ1) is 12.9. The van der Waals surface area contributed by atoms with Crippen LogP contribution in [0.1, 0.15) is 48.5 Å². The van der Waals surface area contributed by atoms with Crippen molar-refractivity contribution in [3.8, 4) is 17.2 Å². The van der Waals surface area contributed by atoms with Gasteiger partial charge in [-0.1, -0.05) is 20.8 Å². The SMILES string of the molecule is CCc1csc(Cc2cc(Br)c(Oc3ccc(O)c(C(C)C)c3)c(Br)c2)n1. The Morgan fingerprint density at radius 2 is 1.85 bits per heavy atom. The number of phenolic OH excluding ortho intramolecular Hbond substituents is 1. The van der Waals surface area contributed by atoms with Crippen molar-refractivity contribution in [1.29, 1.82) is 0 Å². The van der Waals surface area contributed by atoms with E-state index in [4.69, 9.17) is 4.74 Å². The highest BCUT2D eigenvalue weighted by atomic mass is 79.9. The quantitative estimate of drug-likeness (QED) is 0.374. The topological polar surface area (TPSA) is 42.4 Å². The first-order valence-corrected chi connectivity index (χ1v) is 11.3. The summed E-state index contributed by atoms with van der Waals surface area (Å²) in [6.07, 6.45) is 1.75. The molecule has 0 aliphatic carbocycles. The molecule has 3 rings (SSSR count). The van der Waals surface area contributed by atoms with Crippen LogP contribution in [-0.2, 0) is 12.8 Å². The van der Waals surface area contributed by atoms with Crippen molar-refractivity contribution in [2.24, 2.45) is 0 Å². The van der Waals surface area contributed by atoms with Crippen molar-refractivity contribution in [2.45, 2.75) is 39.5 Å². The third-order valence-electron chi connectivity index (χ3n) is 4.22. The Bertz CT molecular complexity index is 930. The van der Waals surface area contributed by atoms with Crippen molar-refractivity contribution < 1.29 is 9.84 Å². The zero-order valence-electron chi connectivity index (χ0n) is 15.4. The van der Waals surface area contributed by atoms with Gasteiger partial charge in [-0.15, -0.1) is 11.3 Å². The Hall–Kier alpha value is -1.37. The molecule has 0 aliphatic heterocycles. The van der Waals surface area contributed by atoms with Crippen molar-refractivity contribution in [2.75, 3.05) is 0 Å². The van der Waals surface area contributed by atoms with Crippen molar-refractivity contribution >= 4 is 43.2 Å². The molecular formula is C21H21Br2NO2S. The van der Waals surface area contributed by atoms with E-state index in [1.165, 1.54) is 0 Å². The van der Waals surface area contributed by atoms with Gasteiger partial charge in [-0.25, -0.2) is 4.98 Å². The van der Waals surface area contributed by atoms with Gasteiger partial charge in [-0.2, -0.15) is 0 Å². The summed E-state index contributed by atoms with van der Waals surface area (Å²) in [5, 5.41) is 13.2. The van der Waals surface area contributed by atoms with E-state index in [9.17, 15) is 5.11 Å². The summed E-state index contributed by atoms with van der Waals surface area (Å²) < 4.78 is 7.84. The zero-order chi connectivity index (χ0) is 19.6. The predicted molar refractivity (Wildman–Crippen MR) is 118 cm³/mol. The van der Waals surface area contributed by atoms with E-state index < -0.39 is 0 Å². The van der Waals surface area contributed by atoms with Gasteiger partial charge in [-0.3, -0.25) is 0 Å². The number of phenols is 1. The van der Waals surface area contributed by atoms with Crippen LogP contribution < -0.4 is 4.74 Å². The third kappa shape index (κ3) is 4.92. The lowest BCUT2D eigenvalue weighted by molar-refractivity contribution is 0.453. The average molecular weight is 511 g/mol. The van der Waals surface area contributed by atoms with Gasteiger partial charge >= 0.3 is 0 Å². The van der Waals surface area contributed by atoms with Gasteiger partial charge in [0.25, 0.3) is 0 Å². The number of halogens is 2. The molecule has 0 aliphatic rings. The summed E-state index contributed by atoms with van der Waals surface area (Å²) in [6.45, 7) is 6.20.